The lowest BCUT2D eigenvalue weighted by molar-refractivity contribution is -0.192. The van der Waals surface area contributed by atoms with E-state index in [2.05, 4.69) is 0 Å². The van der Waals surface area contributed by atoms with Crippen LogP contribution in [0.1, 0.15) is 40.5 Å². The van der Waals surface area contributed by atoms with Crippen molar-refractivity contribution in [2.24, 2.45) is 0 Å². The number of carbonyl (C=O) groups is 4. The summed E-state index contributed by atoms with van der Waals surface area (Å²) in [5.74, 6) is -3.31. The Bertz CT molecular complexity index is 512. The quantitative estimate of drug-likeness (QED) is 0.325. The fraction of sp³-hybridized carbons (Fsp3) is 0.625. The van der Waals surface area contributed by atoms with Crippen molar-refractivity contribution in [3.8, 4) is 0 Å². The lowest BCUT2D eigenvalue weighted by Crippen LogP contribution is -2.50. The summed E-state index contributed by atoms with van der Waals surface area (Å²) in [4.78, 5) is 44.5. The second kappa shape index (κ2) is 11.2. The van der Waals surface area contributed by atoms with E-state index in [-0.39, 0.29) is 12.8 Å². The van der Waals surface area contributed by atoms with Gasteiger partial charge in [-0.1, -0.05) is 13.0 Å². The molecule has 0 rings (SSSR count). The van der Waals surface area contributed by atoms with E-state index in [1.807, 2.05) is 0 Å². The molecule has 142 valence electrons. The highest BCUT2D eigenvalue weighted by molar-refractivity contribution is 5.79. The van der Waals surface area contributed by atoms with Gasteiger partial charge in [0.2, 0.25) is 0 Å². The van der Waals surface area contributed by atoms with E-state index >= 15 is 0 Å². The molecule has 0 aliphatic carbocycles. The average Bonchev–Trinajstić information content (AvgIpc) is 2.47. The Hall–Kier alpha value is -2.42. The standard InChI is InChI=1S/C16H24O9/c1-5-13(23-9(2)17)16(25-11(4)19)15(24-10(3)18)12(20)7-6-8-14(21)22/h6,8,12-13,15-16,20H,5,7H2,1-4H3,(H,21,22). The Kier molecular flexibility index (Phi) is 10.1. The Balaban J connectivity index is 5.57. The number of aliphatic carboxylic acids is 1. The molecule has 25 heavy (non-hydrogen) atoms. The van der Waals surface area contributed by atoms with Crippen LogP contribution in [-0.4, -0.2) is 58.5 Å². The second-order valence-electron chi connectivity index (χ2n) is 5.25. The van der Waals surface area contributed by atoms with Crippen LogP contribution in [0.25, 0.3) is 0 Å². The molecule has 0 aromatic carbocycles. The Morgan fingerprint density at radius 1 is 0.920 bits per heavy atom. The summed E-state index contributed by atoms with van der Waals surface area (Å²) in [6, 6.07) is 0. The zero-order valence-corrected chi connectivity index (χ0v) is 14.6. The van der Waals surface area contributed by atoms with Gasteiger partial charge < -0.3 is 24.4 Å². The Labute approximate surface area is 145 Å². The fourth-order valence-electron chi connectivity index (χ4n) is 2.14. The van der Waals surface area contributed by atoms with Gasteiger partial charge in [-0.15, -0.1) is 0 Å². The molecule has 0 bridgehead atoms. The van der Waals surface area contributed by atoms with Crippen LogP contribution in [0.4, 0.5) is 0 Å². The predicted octanol–water partition coefficient (Wildman–Crippen LogP) is 0.583. The van der Waals surface area contributed by atoms with E-state index in [4.69, 9.17) is 19.3 Å². The topological polar surface area (TPSA) is 136 Å². The molecular formula is C16H24O9. The third-order valence-corrected chi connectivity index (χ3v) is 3.03. The highest BCUT2D eigenvalue weighted by atomic mass is 16.6. The molecule has 4 unspecified atom stereocenters. The molecule has 0 heterocycles. The van der Waals surface area contributed by atoms with Crippen LogP contribution in [0.2, 0.25) is 0 Å². The average molecular weight is 360 g/mol. The van der Waals surface area contributed by atoms with Crippen molar-refractivity contribution >= 4 is 23.9 Å². The summed E-state index contributed by atoms with van der Waals surface area (Å²) in [6.07, 6.45) is -2.89. The normalized spacial score (nSPS) is 15.7. The molecule has 0 amide bonds. The highest BCUT2D eigenvalue weighted by Gasteiger charge is 2.39. The van der Waals surface area contributed by atoms with Gasteiger partial charge in [0.1, 0.15) is 6.10 Å². The van der Waals surface area contributed by atoms with Crippen molar-refractivity contribution in [3.05, 3.63) is 12.2 Å². The maximum absolute atomic E-state index is 11.4. The smallest absolute Gasteiger partial charge is 0.327 e. The van der Waals surface area contributed by atoms with E-state index in [9.17, 15) is 24.3 Å². The van der Waals surface area contributed by atoms with E-state index in [0.717, 1.165) is 19.9 Å². The molecule has 0 aliphatic rings. The van der Waals surface area contributed by atoms with Crippen molar-refractivity contribution in [2.75, 3.05) is 0 Å². The number of carboxylic acid groups (broad SMARTS) is 1. The summed E-state index contributed by atoms with van der Waals surface area (Å²) in [7, 11) is 0. The number of hydrogen-bond donors (Lipinski definition) is 2. The minimum Gasteiger partial charge on any atom is -0.478 e. The molecule has 0 saturated heterocycles. The minimum absolute atomic E-state index is 0.182. The molecule has 0 saturated carbocycles. The number of carbonyl (C=O) groups excluding carboxylic acids is 3. The monoisotopic (exact) mass is 360 g/mol. The third-order valence-electron chi connectivity index (χ3n) is 3.03. The SMILES string of the molecule is CCC(OC(C)=O)C(OC(C)=O)C(OC(C)=O)C(O)CC=CC(=O)O. The summed E-state index contributed by atoms with van der Waals surface area (Å²) in [5.41, 5.74) is 0. The maximum Gasteiger partial charge on any atom is 0.327 e. The zero-order valence-electron chi connectivity index (χ0n) is 14.6. The third kappa shape index (κ3) is 9.46. The van der Waals surface area contributed by atoms with Crippen LogP contribution in [-0.2, 0) is 33.4 Å². The number of rotatable bonds is 10. The van der Waals surface area contributed by atoms with E-state index in [1.54, 1.807) is 6.92 Å². The van der Waals surface area contributed by atoms with Crippen LogP contribution < -0.4 is 0 Å². The number of esters is 3. The van der Waals surface area contributed by atoms with Crippen LogP contribution in [0.5, 0.6) is 0 Å². The first kappa shape index (κ1) is 22.6. The summed E-state index contributed by atoms with van der Waals surface area (Å²) in [5, 5.41) is 18.9. The summed E-state index contributed by atoms with van der Waals surface area (Å²) >= 11 is 0. The summed E-state index contributed by atoms with van der Waals surface area (Å²) < 4.78 is 15.3. The van der Waals surface area contributed by atoms with Gasteiger partial charge in [-0.05, 0) is 12.8 Å². The van der Waals surface area contributed by atoms with Gasteiger partial charge in [-0.3, -0.25) is 14.4 Å². The van der Waals surface area contributed by atoms with Crippen LogP contribution in [0.3, 0.4) is 0 Å². The molecule has 0 spiro atoms. The predicted molar refractivity (Wildman–Crippen MR) is 84.4 cm³/mol. The molecule has 9 nitrogen and oxygen atoms in total. The molecule has 0 radical (unpaired) electrons. The lowest BCUT2D eigenvalue weighted by Gasteiger charge is -2.33. The number of aliphatic hydroxyl groups excluding tert-OH is 1. The lowest BCUT2D eigenvalue weighted by atomic mass is 9.98. The fourth-order valence-corrected chi connectivity index (χ4v) is 2.14. The van der Waals surface area contributed by atoms with E-state index in [1.165, 1.54) is 13.0 Å². The van der Waals surface area contributed by atoms with Crippen LogP contribution >= 0.6 is 0 Å². The molecule has 0 aromatic rings. The molecule has 0 aromatic heterocycles. The van der Waals surface area contributed by atoms with Crippen molar-refractivity contribution in [1.29, 1.82) is 0 Å². The van der Waals surface area contributed by atoms with Gasteiger partial charge in [0.25, 0.3) is 0 Å². The van der Waals surface area contributed by atoms with Gasteiger partial charge >= 0.3 is 23.9 Å². The van der Waals surface area contributed by atoms with E-state index in [0.29, 0.717) is 0 Å². The molecule has 0 fully saturated rings. The first-order valence-corrected chi connectivity index (χ1v) is 7.67. The minimum atomic E-state index is -1.38. The van der Waals surface area contributed by atoms with Gasteiger partial charge in [0.15, 0.2) is 12.2 Å². The Morgan fingerprint density at radius 2 is 1.40 bits per heavy atom. The second-order valence-corrected chi connectivity index (χ2v) is 5.25. The van der Waals surface area contributed by atoms with Gasteiger partial charge in [-0.25, -0.2) is 4.79 Å². The summed E-state index contributed by atoms with van der Waals surface area (Å²) in [6.45, 7) is 5.05. The van der Waals surface area contributed by atoms with Gasteiger partial charge in [0.05, 0.1) is 6.10 Å². The highest BCUT2D eigenvalue weighted by Crippen LogP contribution is 2.21. The van der Waals surface area contributed by atoms with Crippen molar-refractivity contribution in [1.82, 2.24) is 0 Å². The maximum atomic E-state index is 11.4. The van der Waals surface area contributed by atoms with Crippen LogP contribution in [0, 0.1) is 0 Å². The Morgan fingerprint density at radius 3 is 1.80 bits per heavy atom. The molecule has 0 aliphatic heterocycles. The number of carboxylic acids is 1. The van der Waals surface area contributed by atoms with E-state index < -0.39 is 48.3 Å². The molecule has 4 atom stereocenters. The number of ether oxygens (including phenoxy) is 3. The zero-order chi connectivity index (χ0) is 19.6. The van der Waals surface area contributed by atoms with Gasteiger partial charge in [0, 0.05) is 26.8 Å². The van der Waals surface area contributed by atoms with Crippen LogP contribution in [0.15, 0.2) is 12.2 Å². The molecular weight excluding hydrogens is 336 g/mol. The number of aliphatic hydroxyl groups is 1. The first-order valence-electron chi connectivity index (χ1n) is 7.67. The first-order chi connectivity index (χ1) is 11.6. The van der Waals surface area contributed by atoms with Gasteiger partial charge in [-0.2, -0.15) is 0 Å². The molecule has 9 heteroatoms. The number of hydrogen-bond acceptors (Lipinski definition) is 8. The van der Waals surface area contributed by atoms with Crippen molar-refractivity contribution < 1.29 is 43.6 Å². The van der Waals surface area contributed by atoms with Crippen molar-refractivity contribution in [2.45, 2.75) is 65.0 Å². The largest absolute Gasteiger partial charge is 0.478 e. The van der Waals surface area contributed by atoms with Crippen molar-refractivity contribution in [3.63, 3.8) is 0 Å². The molecule has 2 N–H and O–H groups in total.